The summed E-state index contributed by atoms with van der Waals surface area (Å²) >= 11 is 6.46. The Bertz CT molecular complexity index is 615. The molecule has 8 atom stereocenters. The lowest BCUT2D eigenvalue weighted by Gasteiger charge is -2.41. The van der Waals surface area contributed by atoms with E-state index in [4.69, 9.17) is 27.8 Å². The normalized spacial score (nSPS) is 38.9. The van der Waals surface area contributed by atoms with Gasteiger partial charge in [-0.05, 0) is 88.5 Å². The second-order valence-corrected chi connectivity index (χ2v) is 10.7. The summed E-state index contributed by atoms with van der Waals surface area (Å²) in [6.45, 7) is 4.67. The molecule has 2 saturated carbocycles. The van der Waals surface area contributed by atoms with Gasteiger partial charge in [-0.1, -0.05) is 0 Å². The number of carbonyl (C=O) groups is 1. The average molecular weight is 456 g/mol. The number of alkyl halides is 1. The lowest BCUT2D eigenvalue weighted by atomic mass is 9.67. The first-order chi connectivity index (χ1) is 14.9. The van der Waals surface area contributed by atoms with E-state index in [2.05, 4.69) is 22.5 Å². The van der Waals surface area contributed by atoms with E-state index in [1.165, 1.54) is 12.8 Å². The van der Waals surface area contributed by atoms with Crippen LogP contribution in [-0.4, -0.2) is 56.1 Å². The third-order valence-corrected chi connectivity index (χ3v) is 8.22. The molecular weight excluding hydrogens is 414 g/mol. The molecule has 8 unspecified atom stereocenters. The Morgan fingerprint density at radius 2 is 1.90 bits per heavy atom. The highest BCUT2D eigenvalue weighted by Crippen LogP contribution is 2.41. The van der Waals surface area contributed by atoms with Gasteiger partial charge in [0.2, 0.25) is 5.91 Å². The Labute approximate surface area is 192 Å². The van der Waals surface area contributed by atoms with Crippen LogP contribution in [-0.2, 0) is 9.53 Å². The molecule has 3 aliphatic rings. The van der Waals surface area contributed by atoms with Crippen molar-refractivity contribution in [2.24, 2.45) is 46.0 Å². The van der Waals surface area contributed by atoms with Crippen molar-refractivity contribution in [2.75, 3.05) is 26.7 Å². The summed E-state index contributed by atoms with van der Waals surface area (Å²) in [7, 11) is 1.73. The van der Waals surface area contributed by atoms with E-state index in [1.54, 1.807) is 7.11 Å². The average Bonchev–Trinajstić information content (AvgIpc) is 2.76. The second kappa shape index (κ2) is 11.7. The summed E-state index contributed by atoms with van der Waals surface area (Å²) < 4.78 is 5.45. The van der Waals surface area contributed by atoms with Crippen molar-refractivity contribution >= 4 is 23.5 Å². The molecule has 1 heterocycles. The number of hydrogen-bond acceptors (Lipinski definition) is 4. The number of carbonyl (C=O) groups excluding carboxylic acids is 1. The van der Waals surface area contributed by atoms with Gasteiger partial charge in [-0.25, -0.2) is 0 Å². The van der Waals surface area contributed by atoms with Crippen molar-refractivity contribution in [2.45, 2.75) is 75.8 Å². The van der Waals surface area contributed by atoms with Crippen LogP contribution in [0.15, 0.2) is 4.99 Å². The number of guanidine groups is 1. The van der Waals surface area contributed by atoms with Crippen molar-refractivity contribution in [1.82, 2.24) is 10.6 Å². The van der Waals surface area contributed by atoms with E-state index >= 15 is 0 Å². The lowest BCUT2D eigenvalue weighted by Crippen LogP contribution is -2.44. The fraction of sp³-hybridized carbons (Fsp3) is 0.913. The predicted octanol–water partition coefficient (Wildman–Crippen LogP) is 2.22. The highest BCUT2D eigenvalue weighted by molar-refractivity contribution is 6.21. The molecule has 0 aromatic heterocycles. The molecule has 3 fully saturated rings. The third-order valence-electron chi connectivity index (χ3n) is 7.76. The molecule has 0 bridgehead atoms. The predicted molar refractivity (Wildman–Crippen MR) is 126 cm³/mol. The highest BCUT2D eigenvalue weighted by atomic mass is 35.5. The quantitative estimate of drug-likeness (QED) is 0.267. The highest BCUT2D eigenvalue weighted by Gasteiger charge is 2.38. The Kier molecular flexibility index (Phi) is 9.29. The number of piperidine rings is 1. The maximum Gasteiger partial charge on any atom is 0.223 e. The molecule has 0 radical (unpaired) electrons. The molecular formula is C23H42ClN5O2. The Morgan fingerprint density at radius 1 is 1.10 bits per heavy atom. The van der Waals surface area contributed by atoms with Gasteiger partial charge < -0.3 is 26.8 Å². The number of nitrogens with zero attached hydrogens (tertiary/aromatic N) is 1. The van der Waals surface area contributed by atoms with Gasteiger partial charge in [0.05, 0.1) is 11.5 Å². The molecule has 1 aliphatic heterocycles. The summed E-state index contributed by atoms with van der Waals surface area (Å²) in [5.74, 6) is 2.42. The van der Waals surface area contributed by atoms with Crippen molar-refractivity contribution in [1.29, 1.82) is 0 Å². The van der Waals surface area contributed by atoms with Crippen LogP contribution in [0.2, 0.25) is 0 Å². The molecule has 8 heteroatoms. The number of hydrogen-bond donors (Lipinski definition) is 4. The van der Waals surface area contributed by atoms with E-state index in [0.29, 0.717) is 42.8 Å². The zero-order chi connectivity index (χ0) is 22.4. The maximum atomic E-state index is 13.2. The number of nitrogens with two attached hydrogens (primary N) is 2. The number of nitrogens with one attached hydrogen (secondary N) is 2. The first kappa shape index (κ1) is 24.6. The lowest BCUT2D eigenvalue weighted by molar-refractivity contribution is -0.127. The monoisotopic (exact) mass is 455 g/mol. The number of aliphatic imine (C=N–C) groups is 1. The largest absolute Gasteiger partial charge is 0.380 e. The van der Waals surface area contributed by atoms with Gasteiger partial charge in [0.25, 0.3) is 0 Å². The first-order valence-electron chi connectivity index (χ1n) is 12.1. The zero-order valence-corrected chi connectivity index (χ0v) is 19.9. The van der Waals surface area contributed by atoms with Crippen molar-refractivity contribution in [3.63, 3.8) is 0 Å². The van der Waals surface area contributed by atoms with Gasteiger partial charge in [0.15, 0.2) is 5.96 Å². The minimum Gasteiger partial charge on any atom is -0.380 e. The van der Waals surface area contributed by atoms with Crippen LogP contribution in [0.25, 0.3) is 0 Å². The number of halogens is 1. The summed E-state index contributed by atoms with van der Waals surface area (Å²) in [5, 5.41) is 6.84. The van der Waals surface area contributed by atoms with Gasteiger partial charge in [-0.2, -0.15) is 0 Å². The summed E-state index contributed by atoms with van der Waals surface area (Å²) in [4.78, 5) is 17.4. The van der Waals surface area contributed by atoms with Gasteiger partial charge in [-0.3, -0.25) is 9.79 Å². The summed E-state index contributed by atoms with van der Waals surface area (Å²) in [6.07, 6.45) is 8.40. The van der Waals surface area contributed by atoms with Crippen LogP contribution in [0.4, 0.5) is 0 Å². The first-order valence-corrected chi connectivity index (χ1v) is 12.5. The molecule has 1 amide bonds. The molecule has 2 aliphatic carbocycles. The van der Waals surface area contributed by atoms with Gasteiger partial charge >= 0.3 is 0 Å². The van der Waals surface area contributed by atoms with E-state index in [9.17, 15) is 4.79 Å². The van der Waals surface area contributed by atoms with Crippen molar-refractivity contribution in [3.8, 4) is 0 Å². The maximum absolute atomic E-state index is 13.2. The number of methoxy groups -OCH3 is 1. The zero-order valence-electron chi connectivity index (χ0n) is 19.2. The van der Waals surface area contributed by atoms with Crippen LogP contribution in [0.3, 0.4) is 0 Å². The van der Waals surface area contributed by atoms with Gasteiger partial charge in [0.1, 0.15) is 0 Å². The van der Waals surface area contributed by atoms with E-state index in [-0.39, 0.29) is 29.3 Å². The fourth-order valence-corrected chi connectivity index (χ4v) is 6.56. The minimum atomic E-state index is 0.0329. The van der Waals surface area contributed by atoms with Crippen LogP contribution in [0.1, 0.15) is 58.3 Å². The smallest absolute Gasteiger partial charge is 0.223 e. The topological polar surface area (TPSA) is 115 Å². The molecule has 1 saturated heterocycles. The summed E-state index contributed by atoms with van der Waals surface area (Å²) in [5.41, 5.74) is 11.2. The van der Waals surface area contributed by atoms with Gasteiger partial charge in [0, 0.05) is 32.2 Å². The minimum absolute atomic E-state index is 0.0329. The fourth-order valence-electron chi connectivity index (χ4n) is 6.07. The second-order valence-electron chi connectivity index (χ2n) is 10.1. The van der Waals surface area contributed by atoms with Crippen LogP contribution in [0, 0.1) is 29.6 Å². The number of rotatable bonds is 7. The Balaban J connectivity index is 1.56. The van der Waals surface area contributed by atoms with E-state index in [1.807, 2.05) is 0 Å². The molecule has 0 aromatic carbocycles. The molecule has 3 rings (SSSR count). The molecule has 6 N–H and O–H groups in total. The summed E-state index contributed by atoms with van der Waals surface area (Å²) in [6, 6.07) is 0.551. The van der Waals surface area contributed by atoms with E-state index < -0.39 is 0 Å². The molecule has 7 nitrogen and oxygen atoms in total. The third kappa shape index (κ3) is 7.22. The standard InChI is InChI=1S/C23H42ClN5O2/c1-14-7-17(5-6-27-14)18-8-16(13-29-23(25)26)9-19(11-18)22(30)28-12-15-3-4-21(31-2)20(24)10-15/h14-21,27H,3-13H2,1-2H3,(H,28,30)(H4,25,26,29). The molecule has 0 aromatic rings. The Hall–Kier alpha value is -1.05. The van der Waals surface area contributed by atoms with Crippen LogP contribution < -0.4 is 22.1 Å². The molecule has 178 valence electrons. The number of ether oxygens (including phenoxy) is 1. The molecule has 0 spiro atoms. The SMILES string of the molecule is COC1CCC(CNC(=O)C2CC(CN=C(N)N)CC(C3CCNC(C)C3)C2)CC1Cl. The van der Waals surface area contributed by atoms with E-state index in [0.717, 1.165) is 45.1 Å². The van der Waals surface area contributed by atoms with Crippen LogP contribution in [0.5, 0.6) is 0 Å². The molecule has 31 heavy (non-hydrogen) atoms. The van der Waals surface area contributed by atoms with Crippen molar-refractivity contribution in [3.05, 3.63) is 0 Å². The van der Waals surface area contributed by atoms with Crippen molar-refractivity contribution < 1.29 is 9.53 Å². The Morgan fingerprint density at radius 3 is 2.58 bits per heavy atom. The number of amides is 1. The van der Waals surface area contributed by atoms with Crippen LogP contribution >= 0.6 is 11.6 Å². The van der Waals surface area contributed by atoms with Gasteiger partial charge in [-0.15, -0.1) is 11.6 Å².